The molecule has 0 bridgehead atoms. The Morgan fingerprint density at radius 2 is 1.85 bits per heavy atom. The van der Waals surface area contributed by atoms with E-state index in [2.05, 4.69) is 34.7 Å². The molecule has 0 aliphatic carbocycles. The molecule has 0 aliphatic heterocycles. The smallest absolute Gasteiger partial charge is 0.253 e. The maximum absolute atomic E-state index is 12.9. The number of aromatic nitrogens is 3. The minimum atomic E-state index is -0.360. The van der Waals surface area contributed by atoms with Gasteiger partial charge in [-0.15, -0.1) is 10.2 Å². The molecular formula is C24H27Cl2N5O2S. The van der Waals surface area contributed by atoms with Crippen LogP contribution in [0, 0.1) is 12.8 Å². The van der Waals surface area contributed by atoms with Crippen molar-refractivity contribution in [1.29, 1.82) is 0 Å². The molecule has 180 valence electrons. The number of carbonyl (C=O) groups excluding carboxylic acids is 2. The van der Waals surface area contributed by atoms with E-state index in [0.717, 1.165) is 5.56 Å². The molecule has 0 saturated heterocycles. The Labute approximate surface area is 213 Å². The lowest BCUT2D eigenvalue weighted by atomic mass is 10.0. The molecule has 2 amide bonds. The lowest BCUT2D eigenvalue weighted by molar-refractivity contribution is -0.113. The van der Waals surface area contributed by atoms with Crippen LogP contribution in [0.15, 0.2) is 47.6 Å². The normalized spacial score (nSPS) is 12.0. The second-order valence-electron chi connectivity index (χ2n) is 8.33. The third-order valence-electron chi connectivity index (χ3n) is 5.11. The van der Waals surface area contributed by atoms with Crippen molar-refractivity contribution in [1.82, 2.24) is 20.1 Å². The van der Waals surface area contributed by atoms with E-state index in [0.29, 0.717) is 44.6 Å². The van der Waals surface area contributed by atoms with Gasteiger partial charge >= 0.3 is 0 Å². The molecule has 1 atom stereocenters. The molecule has 0 unspecified atom stereocenters. The van der Waals surface area contributed by atoms with Crippen molar-refractivity contribution in [3.05, 3.63) is 69.5 Å². The zero-order chi connectivity index (χ0) is 24.8. The molecule has 1 heterocycles. The first-order chi connectivity index (χ1) is 16.2. The number of benzene rings is 2. The Morgan fingerprint density at radius 1 is 1.12 bits per heavy atom. The summed E-state index contributed by atoms with van der Waals surface area (Å²) >= 11 is 13.4. The lowest BCUT2D eigenvalue weighted by Crippen LogP contribution is -2.31. The molecular weight excluding hydrogens is 493 g/mol. The molecule has 0 aliphatic rings. The largest absolute Gasteiger partial charge is 0.342 e. The van der Waals surface area contributed by atoms with Gasteiger partial charge in [-0.05, 0) is 55.2 Å². The number of hydrogen-bond donors (Lipinski definition) is 2. The molecule has 3 rings (SSSR count). The highest BCUT2D eigenvalue weighted by Gasteiger charge is 2.24. The van der Waals surface area contributed by atoms with Gasteiger partial charge in [-0.3, -0.25) is 9.59 Å². The van der Waals surface area contributed by atoms with Gasteiger partial charge in [-0.1, -0.05) is 60.9 Å². The number of halogens is 2. The molecule has 0 spiro atoms. The first kappa shape index (κ1) is 26.1. The fourth-order valence-electron chi connectivity index (χ4n) is 3.42. The van der Waals surface area contributed by atoms with Crippen molar-refractivity contribution in [2.45, 2.75) is 38.4 Å². The van der Waals surface area contributed by atoms with Crippen LogP contribution in [0.25, 0.3) is 0 Å². The molecule has 2 aromatic carbocycles. The summed E-state index contributed by atoms with van der Waals surface area (Å²) in [6, 6.07) is 11.9. The zero-order valence-electron chi connectivity index (χ0n) is 19.4. The van der Waals surface area contributed by atoms with E-state index in [4.69, 9.17) is 23.2 Å². The fraction of sp³-hybridized carbons (Fsp3) is 0.333. The highest BCUT2D eigenvalue weighted by molar-refractivity contribution is 7.99. The highest BCUT2D eigenvalue weighted by atomic mass is 35.5. The van der Waals surface area contributed by atoms with E-state index < -0.39 is 0 Å². The number of amides is 2. The monoisotopic (exact) mass is 519 g/mol. The van der Waals surface area contributed by atoms with Crippen molar-refractivity contribution in [2.75, 3.05) is 11.1 Å². The van der Waals surface area contributed by atoms with Crippen LogP contribution >= 0.6 is 35.0 Å². The van der Waals surface area contributed by atoms with Crippen LogP contribution in [-0.4, -0.2) is 32.3 Å². The molecule has 1 aromatic heterocycles. The van der Waals surface area contributed by atoms with Crippen LogP contribution in [0.4, 0.5) is 5.69 Å². The number of hydrogen-bond acceptors (Lipinski definition) is 5. The van der Waals surface area contributed by atoms with E-state index in [-0.39, 0.29) is 23.6 Å². The molecule has 2 N–H and O–H groups in total. The van der Waals surface area contributed by atoms with Gasteiger partial charge in [0, 0.05) is 17.8 Å². The number of aryl methyl sites for hydroxylation is 1. The van der Waals surface area contributed by atoms with Crippen LogP contribution in [-0.2, 0) is 11.8 Å². The molecule has 3 aromatic rings. The van der Waals surface area contributed by atoms with Crippen LogP contribution in [0.1, 0.15) is 48.1 Å². The average Bonchev–Trinajstić information content (AvgIpc) is 3.14. The van der Waals surface area contributed by atoms with Gasteiger partial charge in [0.25, 0.3) is 5.91 Å². The maximum atomic E-state index is 12.9. The van der Waals surface area contributed by atoms with Crippen LogP contribution < -0.4 is 10.6 Å². The Bertz CT molecular complexity index is 1180. The van der Waals surface area contributed by atoms with Crippen molar-refractivity contribution < 1.29 is 9.59 Å². The molecule has 7 nitrogen and oxygen atoms in total. The minimum Gasteiger partial charge on any atom is -0.342 e. The second-order valence-corrected chi connectivity index (χ2v) is 10.1. The lowest BCUT2D eigenvalue weighted by Gasteiger charge is -2.20. The Balaban J connectivity index is 1.69. The van der Waals surface area contributed by atoms with Gasteiger partial charge in [0.15, 0.2) is 11.0 Å². The summed E-state index contributed by atoms with van der Waals surface area (Å²) in [4.78, 5) is 25.3. The summed E-state index contributed by atoms with van der Waals surface area (Å²) in [6.07, 6.45) is 0.670. The summed E-state index contributed by atoms with van der Waals surface area (Å²) < 4.78 is 1.81. The van der Waals surface area contributed by atoms with Gasteiger partial charge in [-0.2, -0.15) is 0 Å². The highest BCUT2D eigenvalue weighted by Crippen LogP contribution is 2.26. The summed E-state index contributed by atoms with van der Waals surface area (Å²) in [5.41, 5.74) is 2.01. The van der Waals surface area contributed by atoms with Gasteiger partial charge in [-0.25, -0.2) is 0 Å². The average molecular weight is 520 g/mol. The number of nitrogens with zero attached hydrogens (tertiary/aromatic N) is 3. The summed E-state index contributed by atoms with van der Waals surface area (Å²) in [5.74, 6) is 0.648. The molecule has 0 saturated carbocycles. The number of rotatable bonds is 9. The quantitative estimate of drug-likeness (QED) is 0.355. The first-order valence-electron chi connectivity index (χ1n) is 10.8. The Hall–Kier alpha value is -2.55. The standard InChI is InChI=1S/C24H27Cl2N5O2S/c1-14(2)11-20(28-23(33)17-7-5-6-8-18(17)26)22-29-30-24(31(22)4)34-13-21(32)27-19-10-9-16(25)12-15(19)3/h5-10,12,14,20H,11,13H2,1-4H3,(H,27,32)(H,28,33)/t20-/m0/s1. The van der Waals surface area contributed by atoms with Gasteiger partial charge in [0.2, 0.25) is 5.91 Å². The van der Waals surface area contributed by atoms with E-state index in [9.17, 15) is 9.59 Å². The SMILES string of the molecule is Cc1cc(Cl)ccc1NC(=O)CSc1nnc([C@H](CC(C)C)NC(=O)c2ccccc2Cl)n1C. The van der Waals surface area contributed by atoms with Gasteiger partial charge in [0.1, 0.15) is 0 Å². The molecule has 0 radical (unpaired) electrons. The topological polar surface area (TPSA) is 88.9 Å². The van der Waals surface area contributed by atoms with Crippen LogP contribution in [0.2, 0.25) is 10.0 Å². The van der Waals surface area contributed by atoms with Gasteiger partial charge < -0.3 is 15.2 Å². The van der Waals surface area contributed by atoms with Crippen molar-refractivity contribution in [3.63, 3.8) is 0 Å². The first-order valence-corrected chi connectivity index (χ1v) is 12.5. The van der Waals surface area contributed by atoms with Crippen molar-refractivity contribution >= 4 is 52.5 Å². The second kappa shape index (κ2) is 11.7. The number of nitrogens with one attached hydrogen (secondary N) is 2. The Kier molecular flexibility index (Phi) is 8.99. The number of thioether (sulfide) groups is 1. The van der Waals surface area contributed by atoms with E-state index >= 15 is 0 Å². The van der Waals surface area contributed by atoms with Crippen molar-refractivity contribution in [3.8, 4) is 0 Å². The fourth-order valence-corrected chi connectivity index (χ4v) is 4.59. The van der Waals surface area contributed by atoms with Crippen LogP contribution in [0.3, 0.4) is 0 Å². The van der Waals surface area contributed by atoms with E-state index in [1.807, 2.05) is 18.5 Å². The van der Waals surface area contributed by atoms with Crippen LogP contribution in [0.5, 0.6) is 0 Å². The van der Waals surface area contributed by atoms with E-state index in [1.54, 1.807) is 42.5 Å². The molecule has 0 fully saturated rings. The third kappa shape index (κ3) is 6.74. The number of anilines is 1. The predicted octanol–water partition coefficient (Wildman–Crippen LogP) is 5.68. The summed E-state index contributed by atoms with van der Waals surface area (Å²) in [6.45, 7) is 6.03. The summed E-state index contributed by atoms with van der Waals surface area (Å²) in [7, 11) is 1.83. The summed E-state index contributed by atoms with van der Waals surface area (Å²) in [5, 5.41) is 16.1. The molecule has 10 heteroatoms. The minimum absolute atomic E-state index is 0.161. The Morgan fingerprint density at radius 3 is 2.53 bits per heavy atom. The van der Waals surface area contributed by atoms with Crippen molar-refractivity contribution in [2.24, 2.45) is 13.0 Å². The van der Waals surface area contributed by atoms with Gasteiger partial charge in [0.05, 0.1) is 22.4 Å². The third-order valence-corrected chi connectivity index (χ3v) is 6.69. The predicted molar refractivity (Wildman–Crippen MR) is 138 cm³/mol. The molecule has 34 heavy (non-hydrogen) atoms. The zero-order valence-corrected chi connectivity index (χ0v) is 21.8. The van der Waals surface area contributed by atoms with E-state index in [1.165, 1.54) is 11.8 Å². The number of carbonyl (C=O) groups is 2. The maximum Gasteiger partial charge on any atom is 0.253 e.